The smallest absolute Gasteiger partial charge is 0.319 e. The summed E-state index contributed by atoms with van der Waals surface area (Å²) >= 11 is 0. The van der Waals surface area contributed by atoms with Crippen LogP contribution < -0.4 is 0 Å². The molecule has 0 bridgehead atoms. The molecule has 1 aliphatic carbocycles. The lowest BCUT2D eigenvalue weighted by Gasteiger charge is -2.27. The van der Waals surface area contributed by atoms with Crippen LogP contribution in [-0.2, 0) is 14.3 Å². The molecule has 0 spiro atoms. The first kappa shape index (κ1) is 11.8. The van der Waals surface area contributed by atoms with Gasteiger partial charge in [-0.15, -0.1) is 0 Å². The number of rotatable bonds is 4. The normalized spacial score (nSPS) is 24.6. The Bertz CT molecular complexity index is 291. The van der Waals surface area contributed by atoms with Crippen molar-refractivity contribution in [2.45, 2.75) is 26.2 Å². The lowest BCUT2D eigenvalue weighted by atomic mass is 9.79. The molecular weight excluding hydrogens is 192 g/mol. The van der Waals surface area contributed by atoms with Gasteiger partial charge in [-0.2, -0.15) is 0 Å². The van der Waals surface area contributed by atoms with Gasteiger partial charge in [-0.1, -0.05) is 25.5 Å². The summed E-state index contributed by atoms with van der Waals surface area (Å²) in [6, 6.07) is 0. The SMILES string of the molecule is CCCC1(C(=O)OC)C=CCC(OC)=C1. The van der Waals surface area contributed by atoms with Gasteiger partial charge in [-0.3, -0.25) is 4.79 Å². The van der Waals surface area contributed by atoms with E-state index in [0.29, 0.717) is 0 Å². The van der Waals surface area contributed by atoms with Crippen molar-refractivity contribution in [3.8, 4) is 0 Å². The Morgan fingerprint density at radius 1 is 1.53 bits per heavy atom. The summed E-state index contributed by atoms with van der Waals surface area (Å²) < 4.78 is 10.0. The van der Waals surface area contributed by atoms with Gasteiger partial charge in [0.05, 0.1) is 20.0 Å². The number of allylic oxidation sites excluding steroid dienone is 1. The van der Waals surface area contributed by atoms with E-state index in [2.05, 4.69) is 0 Å². The molecule has 0 N–H and O–H groups in total. The number of carbonyl (C=O) groups is 1. The lowest BCUT2D eigenvalue weighted by Crippen LogP contribution is -2.30. The zero-order valence-electron chi connectivity index (χ0n) is 9.58. The molecule has 0 amide bonds. The molecule has 0 saturated heterocycles. The molecule has 0 saturated carbocycles. The van der Waals surface area contributed by atoms with Crippen molar-refractivity contribution in [2.75, 3.05) is 14.2 Å². The van der Waals surface area contributed by atoms with E-state index >= 15 is 0 Å². The zero-order chi connectivity index (χ0) is 11.3. The minimum Gasteiger partial charge on any atom is -0.501 e. The van der Waals surface area contributed by atoms with Crippen LogP contribution in [0.4, 0.5) is 0 Å². The third-order valence-corrected chi connectivity index (χ3v) is 2.64. The van der Waals surface area contributed by atoms with Crippen molar-refractivity contribution >= 4 is 5.97 Å². The van der Waals surface area contributed by atoms with Crippen LogP contribution in [0.2, 0.25) is 0 Å². The summed E-state index contributed by atoms with van der Waals surface area (Å²) in [7, 11) is 3.04. The Hall–Kier alpha value is -1.25. The molecule has 3 nitrogen and oxygen atoms in total. The molecule has 1 rings (SSSR count). The fourth-order valence-corrected chi connectivity index (χ4v) is 1.91. The monoisotopic (exact) mass is 210 g/mol. The van der Waals surface area contributed by atoms with E-state index in [0.717, 1.165) is 25.0 Å². The standard InChI is InChI=1S/C12H18O3/c1-4-7-12(11(13)15-3)8-5-6-10(9-12)14-2/h5,8-9H,4,6-7H2,1-3H3. The zero-order valence-corrected chi connectivity index (χ0v) is 9.58. The molecular formula is C12H18O3. The largest absolute Gasteiger partial charge is 0.501 e. The third kappa shape index (κ3) is 2.41. The summed E-state index contributed by atoms with van der Waals surface area (Å²) in [6.07, 6.45) is 8.19. The molecule has 0 aromatic carbocycles. The molecule has 0 heterocycles. The van der Waals surface area contributed by atoms with Gasteiger partial charge < -0.3 is 9.47 Å². The lowest BCUT2D eigenvalue weighted by molar-refractivity contribution is -0.147. The maximum Gasteiger partial charge on any atom is 0.319 e. The molecule has 0 aliphatic heterocycles. The molecule has 0 aromatic heterocycles. The van der Waals surface area contributed by atoms with E-state index in [1.54, 1.807) is 7.11 Å². The molecule has 1 aliphatic rings. The van der Waals surface area contributed by atoms with Crippen LogP contribution in [0.3, 0.4) is 0 Å². The Labute approximate surface area is 90.8 Å². The van der Waals surface area contributed by atoms with Gasteiger partial charge in [0.15, 0.2) is 0 Å². The molecule has 0 fully saturated rings. The summed E-state index contributed by atoms with van der Waals surface area (Å²) in [4.78, 5) is 11.8. The average Bonchev–Trinajstić information content (AvgIpc) is 2.28. The van der Waals surface area contributed by atoms with Gasteiger partial charge in [-0.05, 0) is 12.5 Å². The van der Waals surface area contributed by atoms with Crippen LogP contribution in [0, 0.1) is 5.41 Å². The number of hydrogen-bond donors (Lipinski definition) is 0. The van der Waals surface area contributed by atoms with E-state index < -0.39 is 5.41 Å². The van der Waals surface area contributed by atoms with Crippen LogP contribution in [-0.4, -0.2) is 20.2 Å². The Kier molecular flexibility index (Phi) is 3.95. The second-order valence-corrected chi connectivity index (χ2v) is 3.70. The number of carbonyl (C=O) groups excluding carboxylic acids is 1. The first-order valence-electron chi connectivity index (χ1n) is 5.20. The van der Waals surface area contributed by atoms with E-state index in [-0.39, 0.29) is 5.97 Å². The highest BCUT2D eigenvalue weighted by Gasteiger charge is 2.36. The maximum atomic E-state index is 11.8. The van der Waals surface area contributed by atoms with Gasteiger partial charge in [0.1, 0.15) is 5.41 Å². The van der Waals surface area contributed by atoms with Gasteiger partial charge in [-0.25, -0.2) is 0 Å². The van der Waals surface area contributed by atoms with Crippen LogP contribution in [0.25, 0.3) is 0 Å². The first-order chi connectivity index (χ1) is 7.18. The van der Waals surface area contributed by atoms with E-state index in [4.69, 9.17) is 9.47 Å². The van der Waals surface area contributed by atoms with Crippen molar-refractivity contribution in [2.24, 2.45) is 5.41 Å². The van der Waals surface area contributed by atoms with Crippen LogP contribution >= 0.6 is 0 Å². The number of hydrogen-bond acceptors (Lipinski definition) is 3. The molecule has 84 valence electrons. The van der Waals surface area contributed by atoms with Crippen LogP contribution in [0.5, 0.6) is 0 Å². The van der Waals surface area contributed by atoms with Crippen molar-refractivity contribution < 1.29 is 14.3 Å². The van der Waals surface area contributed by atoms with Gasteiger partial charge in [0.25, 0.3) is 0 Å². The van der Waals surface area contributed by atoms with Crippen LogP contribution in [0.15, 0.2) is 24.0 Å². The number of ether oxygens (including phenoxy) is 2. The van der Waals surface area contributed by atoms with Crippen molar-refractivity contribution in [3.63, 3.8) is 0 Å². The van der Waals surface area contributed by atoms with Crippen molar-refractivity contribution in [3.05, 3.63) is 24.0 Å². The summed E-state index contributed by atoms with van der Waals surface area (Å²) in [6.45, 7) is 2.05. The van der Waals surface area contributed by atoms with Gasteiger partial charge in [0.2, 0.25) is 0 Å². The third-order valence-electron chi connectivity index (χ3n) is 2.64. The predicted octanol–water partition coefficient (Wildman–Crippen LogP) is 2.44. The van der Waals surface area contributed by atoms with Gasteiger partial charge >= 0.3 is 5.97 Å². The topological polar surface area (TPSA) is 35.5 Å². The molecule has 1 unspecified atom stereocenters. The average molecular weight is 210 g/mol. The highest BCUT2D eigenvalue weighted by Crippen LogP contribution is 2.34. The second-order valence-electron chi connectivity index (χ2n) is 3.70. The summed E-state index contributed by atoms with van der Waals surface area (Å²) in [5.74, 6) is 0.617. The quantitative estimate of drug-likeness (QED) is 0.528. The summed E-state index contributed by atoms with van der Waals surface area (Å²) in [5, 5.41) is 0. The maximum absolute atomic E-state index is 11.8. The Morgan fingerprint density at radius 3 is 2.80 bits per heavy atom. The minimum atomic E-state index is -0.618. The Morgan fingerprint density at radius 2 is 2.27 bits per heavy atom. The number of esters is 1. The number of methoxy groups -OCH3 is 2. The van der Waals surface area contributed by atoms with E-state index in [1.165, 1.54) is 7.11 Å². The molecule has 15 heavy (non-hydrogen) atoms. The molecule has 3 heteroatoms. The minimum absolute atomic E-state index is 0.213. The molecule has 0 aromatic rings. The fourth-order valence-electron chi connectivity index (χ4n) is 1.91. The van der Waals surface area contributed by atoms with E-state index in [9.17, 15) is 4.79 Å². The molecule has 0 radical (unpaired) electrons. The van der Waals surface area contributed by atoms with E-state index in [1.807, 2.05) is 25.2 Å². The Balaban J connectivity index is 2.99. The fraction of sp³-hybridized carbons (Fsp3) is 0.583. The second kappa shape index (κ2) is 5.01. The summed E-state index contributed by atoms with van der Waals surface area (Å²) in [5.41, 5.74) is -0.618. The van der Waals surface area contributed by atoms with Crippen LogP contribution in [0.1, 0.15) is 26.2 Å². The van der Waals surface area contributed by atoms with Crippen molar-refractivity contribution in [1.82, 2.24) is 0 Å². The highest BCUT2D eigenvalue weighted by molar-refractivity contribution is 5.82. The molecule has 1 atom stereocenters. The highest BCUT2D eigenvalue weighted by atomic mass is 16.5. The first-order valence-corrected chi connectivity index (χ1v) is 5.20. The van der Waals surface area contributed by atoms with Crippen molar-refractivity contribution in [1.29, 1.82) is 0 Å². The predicted molar refractivity (Wildman–Crippen MR) is 58.2 cm³/mol. The van der Waals surface area contributed by atoms with Gasteiger partial charge in [0, 0.05) is 6.42 Å².